The first-order valence-corrected chi connectivity index (χ1v) is 6.61. The first-order valence-electron chi connectivity index (χ1n) is 6.61. The van der Waals surface area contributed by atoms with E-state index in [1.165, 1.54) is 12.1 Å². The molecule has 0 saturated carbocycles. The first kappa shape index (κ1) is 15.5. The molecule has 0 saturated heterocycles. The highest BCUT2D eigenvalue weighted by Gasteiger charge is 2.30. The Bertz CT molecular complexity index is 618. The molecule has 1 heterocycles. The molecular weight excluding hydrogens is 277 g/mol. The van der Waals surface area contributed by atoms with E-state index in [-0.39, 0.29) is 6.04 Å². The molecule has 0 aliphatic heterocycles. The van der Waals surface area contributed by atoms with Gasteiger partial charge in [-0.15, -0.1) is 0 Å². The molecule has 2 nitrogen and oxygen atoms in total. The van der Waals surface area contributed by atoms with Crippen molar-refractivity contribution in [1.82, 2.24) is 10.3 Å². The highest BCUT2D eigenvalue weighted by molar-refractivity contribution is 5.36. The lowest BCUT2D eigenvalue weighted by Crippen LogP contribution is -2.19. The Hall–Kier alpha value is -1.88. The predicted octanol–water partition coefficient (Wildman–Crippen LogP) is 4.03. The van der Waals surface area contributed by atoms with E-state index >= 15 is 0 Å². The molecule has 1 unspecified atom stereocenters. The number of aromatic nitrogens is 1. The van der Waals surface area contributed by atoms with E-state index in [1.807, 2.05) is 26.0 Å². The van der Waals surface area contributed by atoms with Gasteiger partial charge in [-0.2, -0.15) is 13.2 Å². The summed E-state index contributed by atoms with van der Waals surface area (Å²) in [4.78, 5) is 4.40. The van der Waals surface area contributed by atoms with Crippen molar-refractivity contribution >= 4 is 0 Å². The van der Waals surface area contributed by atoms with Crippen LogP contribution in [-0.2, 0) is 6.18 Å². The number of nitrogens with one attached hydrogen (secondary N) is 1. The van der Waals surface area contributed by atoms with Crippen LogP contribution in [0.25, 0.3) is 0 Å². The van der Waals surface area contributed by atoms with E-state index in [9.17, 15) is 13.2 Å². The average molecular weight is 294 g/mol. The Kier molecular flexibility index (Phi) is 4.32. The molecule has 5 heteroatoms. The molecule has 0 aliphatic rings. The molecular formula is C16H17F3N2. The fourth-order valence-electron chi connectivity index (χ4n) is 2.37. The van der Waals surface area contributed by atoms with Gasteiger partial charge in [0.05, 0.1) is 11.6 Å². The van der Waals surface area contributed by atoms with Gasteiger partial charge in [0.25, 0.3) is 0 Å². The zero-order valence-electron chi connectivity index (χ0n) is 12.1. The van der Waals surface area contributed by atoms with E-state index in [4.69, 9.17) is 0 Å². The van der Waals surface area contributed by atoms with E-state index in [0.717, 1.165) is 34.6 Å². The van der Waals surface area contributed by atoms with Crippen LogP contribution in [0, 0.1) is 13.8 Å². The van der Waals surface area contributed by atoms with Gasteiger partial charge in [0.1, 0.15) is 0 Å². The minimum Gasteiger partial charge on any atom is -0.309 e. The van der Waals surface area contributed by atoms with Crippen LogP contribution in [0.4, 0.5) is 13.2 Å². The minimum absolute atomic E-state index is 0.180. The van der Waals surface area contributed by atoms with Crippen molar-refractivity contribution in [2.45, 2.75) is 26.1 Å². The third kappa shape index (κ3) is 3.42. The number of aryl methyl sites for hydroxylation is 2. The summed E-state index contributed by atoms with van der Waals surface area (Å²) in [6.45, 7) is 3.81. The van der Waals surface area contributed by atoms with Gasteiger partial charge in [-0.3, -0.25) is 4.98 Å². The average Bonchev–Trinajstić information content (AvgIpc) is 2.41. The highest BCUT2D eigenvalue weighted by Crippen LogP contribution is 2.31. The van der Waals surface area contributed by atoms with Crippen LogP contribution in [0.2, 0.25) is 0 Å². The van der Waals surface area contributed by atoms with Gasteiger partial charge >= 0.3 is 6.18 Å². The smallest absolute Gasteiger partial charge is 0.309 e. The molecule has 0 aliphatic carbocycles. The van der Waals surface area contributed by atoms with E-state index < -0.39 is 11.7 Å². The minimum atomic E-state index is -4.31. The van der Waals surface area contributed by atoms with Crippen molar-refractivity contribution < 1.29 is 13.2 Å². The number of nitrogens with zero attached hydrogens (tertiary/aromatic N) is 1. The third-order valence-corrected chi connectivity index (χ3v) is 3.44. The molecule has 0 amide bonds. The Labute approximate surface area is 122 Å². The molecule has 0 radical (unpaired) electrons. The Morgan fingerprint density at radius 3 is 2.10 bits per heavy atom. The molecule has 1 N–H and O–H groups in total. The second kappa shape index (κ2) is 5.85. The maximum absolute atomic E-state index is 12.6. The van der Waals surface area contributed by atoms with Gasteiger partial charge < -0.3 is 5.32 Å². The number of benzene rings is 1. The second-order valence-corrected chi connectivity index (χ2v) is 4.97. The normalized spacial score (nSPS) is 13.2. The molecule has 1 atom stereocenters. The fourth-order valence-corrected chi connectivity index (χ4v) is 2.37. The van der Waals surface area contributed by atoms with Gasteiger partial charge in [-0.1, -0.05) is 18.2 Å². The van der Waals surface area contributed by atoms with Crippen molar-refractivity contribution in [3.63, 3.8) is 0 Å². The summed E-state index contributed by atoms with van der Waals surface area (Å²) in [5.74, 6) is 0. The van der Waals surface area contributed by atoms with Gasteiger partial charge in [0.15, 0.2) is 0 Å². The molecule has 1 aromatic carbocycles. The SMILES string of the molecule is CNC(c1ccc(C(F)(F)F)cc1)c1ccc(C)nc1C. The largest absolute Gasteiger partial charge is 0.416 e. The second-order valence-electron chi connectivity index (χ2n) is 4.97. The van der Waals surface area contributed by atoms with Gasteiger partial charge in [0, 0.05) is 11.4 Å². The van der Waals surface area contributed by atoms with Crippen molar-refractivity contribution in [2.24, 2.45) is 0 Å². The number of halogens is 3. The molecule has 112 valence electrons. The summed E-state index contributed by atoms with van der Waals surface area (Å²) in [6.07, 6.45) is -4.31. The summed E-state index contributed by atoms with van der Waals surface area (Å²) in [5, 5.41) is 3.13. The molecule has 0 bridgehead atoms. The first-order chi connectivity index (χ1) is 9.82. The van der Waals surface area contributed by atoms with E-state index in [0.29, 0.717) is 0 Å². The third-order valence-electron chi connectivity index (χ3n) is 3.44. The van der Waals surface area contributed by atoms with Crippen molar-refractivity contribution in [1.29, 1.82) is 0 Å². The lowest BCUT2D eigenvalue weighted by molar-refractivity contribution is -0.137. The maximum atomic E-state index is 12.6. The molecule has 0 fully saturated rings. The highest BCUT2D eigenvalue weighted by atomic mass is 19.4. The monoisotopic (exact) mass is 294 g/mol. The Balaban J connectivity index is 2.37. The topological polar surface area (TPSA) is 24.9 Å². The van der Waals surface area contributed by atoms with Crippen LogP contribution in [-0.4, -0.2) is 12.0 Å². The lowest BCUT2D eigenvalue weighted by Gasteiger charge is -2.20. The van der Waals surface area contributed by atoms with Crippen LogP contribution < -0.4 is 5.32 Å². The van der Waals surface area contributed by atoms with Crippen molar-refractivity contribution in [3.05, 3.63) is 64.5 Å². The number of rotatable bonds is 3. The van der Waals surface area contributed by atoms with Crippen molar-refractivity contribution in [3.8, 4) is 0 Å². The van der Waals surface area contributed by atoms with Crippen LogP contribution in [0.3, 0.4) is 0 Å². The quantitative estimate of drug-likeness (QED) is 0.924. The Morgan fingerprint density at radius 2 is 1.62 bits per heavy atom. The number of pyridine rings is 1. The van der Waals surface area contributed by atoms with Gasteiger partial charge in [-0.25, -0.2) is 0 Å². The van der Waals surface area contributed by atoms with E-state index in [1.54, 1.807) is 7.05 Å². The lowest BCUT2D eigenvalue weighted by atomic mass is 9.96. The maximum Gasteiger partial charge on any atom is 0.416 e. The van der Waals surface area contributed by atoms with Gasteiger partial charge in [-0.05, 0) is 50.2 Å². The van der Waals surface area contributed by atoms with Gasteiger partial charge in [0.2, 0.25) is 0 Å². The summed E-state index contributed by atoms with van der Waals surface area (Å²) >= 11 is 0. The molecule has 1 aromatic heterocycles. The summed E-state index contributed by atoms with van der Waals surface area (Å²) in [6, 6.07) is 8.90. The molecule has 0 spiro atoms. The zero-order valence-corrected chi connectivity index (χ0v) is 12.1. The van der Waals surface area contributed by atoms with Crippen LogP contribution in [0.1, 0.15) is 34.1 Å². The molecule has 21 heavy (non-hydrogen) atoms. The predicted molar refractivity (Wildman–Crippen MR) is 76.1 cm³/mol. The van der Waals surface area contributed by atoms with E-state index in [2.05, 4.69) is 10.3 Å². The summed E-state index contributed by atoms with van der Waals surface area (Å²) in [7, 11) is 1.78. The fraction of sp³-hybridized carbons (Fsp3) is 0.312. The summed E-state index contributed by atoms with van der Waals surface area (Å²) in [5.41, 5.74) is 2.88. The number of hydrogen-bond donors (Lipinski definition) is 1. The summed E-state index contributed by atoms with van der Waals surface area (Å²) < 4.78 is 37.8. The Morgan fingerprint density at radius 1 is 1.00 bits per heavy atom. The number of alkyl halides is 3. The molecule has 2 rings (SSSR count). The standard InChI is InChI=1S/C16H17F3N2/c1-10-4-9-14(11(2)21-10)15(20-3)12-5-7-13(8-6-12)16(17,18)19/h4-9,15,20H,1-3H3. The number of hydrogen-bond acceptors (Lipinski definition) is 2. The molecule has 2 aromatic rings. The van der Waals surface area contributed by atoms with Crippen LogP contribution in [0.5, 0.6) is 0 Å². The van der Waals surface area contributed by atoms with Crippen LogP contribution in [0.15, 0.2) is 36.4 Å². The van der Waals surface area contributed by atoms with Crippen molar-refractivity contribution in [2.75, 3.05) is 7.05 Å². The van der Waals surface area contributed by atoms with Crippen LogP contribution >= 0.6 is 0 Å². The zero-order chi connectivity index (χ0) is 15.6.